The van der Waals surface area contributed by atoms with Gasteiger partial charge >= 0.3 is 6.09 Å². The average Bonchev–Trinajstić information content (AvgIpc) is 2.53. The van der Waals surface area contributed by atoms with Crippen molar-refractivity contribution in [3.8, 4) is 17.2 Å². The van der Waals surface area contributed by atoms with Crippen LogP contribution in [-0.4, -0.2) is 23.8 Å². The van der Waals surface area contributed by atoms with Crippen molar-refractivity contribution in [2.45, 2.75) is 26.9 Å². The lowest BCUT2D eigenvalue weighted by molar-refractivity contribution is -0.0521. The number of ether oxygens (including phenoxy) is 2. The Morgan fingerprint density at radius 1 is 1.08 bits per heavy atom. The molecular weight excluding hydrogens is 330 g/mol. The monoisotopic (exact) mass is 349 g/mol. The van der Waals surface area contributed by atoms with Crippen LogP contribution in [0.15, 0.2) is 48.5 Å². The Balaban J connectivity index is 1.99. The predicted octanol–water partition coefficient (Wildman–Crippen LogP) is 5.29. The summed E-state index contributed by atoms with van der Waals surface area (Å²) in [6, 6.07) is 14.1. The molecule has 0 saturated carbocycles. The fraction of sp³-hybridized carbons (Fsp3) is 0.278. The van der Waals surface area contributed by atoms with Gasteiger partial charge in [0.1, 0.15) is 11.5 Å². The summed E-state index contributed by atoms with van der Waals surface area (Å²) in [5, 5.41) is 1.77. The van der Waals surface area contributed by atoms with Crippen LogP contribution in [0, 0.1) is 0 Å². The van der Waals surface area contributed by atoms with E-state index in [9.17, 15) is 4.79 Å². The molecule has 0 aliphatic heterocycles. The lowest BCUT2D eigenvalue weighted by Crippen LogP contribution is -2.35. The van der Waals surface area contributed by atoms with E-state index in [2.05, 4.69) is 0 Å². The molecule has 24 heavy (non-hydrogen) atoms. The minimum absolute atomic E-state index is 0.205. The Hall–Kier alpha value is -2.40. The Morgan fingerprint density at radius 3 is 2.33 bits per heavy atom. The molecule has 2 aromatic carbocycles. The van der Waals surface area contributed by atoms with Crippen LogP contribution in [0.2, 0.25) is 5.02 Å². The van der Waals surface area contributed by atoms with Gasteiger partial charge in [0.05, 0.1) is 12.6 Å². The third-order valence-corrected chi connectivity index (χ3v) is 3.13. The number of rotatable bonds is 6. The number of halogens is 1. The third-order valence-electron chi connectivity index (χ3n) is 2.90. The molecule has 2 aromatic rings. The fourth-order valence-electron chi connectivity index (χ4n) is 1.85. The first-order chi connectivity index (χ1) is 11.5. The van der Waals surface area contributed by atoms with Crippen molar-refractivity contribution < 1.29 is 19.1 Å². The molecule has 0 heterocycles. The molecule has 0 atom stereocenters. The number of hydrogen-bond acceptors (Lipinski definition) is 4. The van der Waals surface area contributed by atoms with Gasteiger partial charge in [-0.15, -0.1) is 5.06 Å². The van der Waals surface area contributed by atoms with E-state index in [1.165, 1.54) is 0 Å². The first kappa shape index (κ1) is 17.9. The van der Waals surface area contributed by atoms with E-state index in [-0.39, 0.29) is 6.10 Å². The van der Waals surface area contributed by atoms with Crippen molar-refractivity contribution in [2.24, 2.45) is 0 Å². The van der Waals surface area contributed by atoms with Gasteiger partial charge in [-0.25, -0.2) is 4.79 Å². The summed E-state index contributed by atoms with van der Waals surface area (Å²) in [4.78, 5) is 17.4. The van der Waals surface area contributed by atoms with E-state index in [0.717, 1.165) is 5.06 Å². The van der Waals surface area contributed by atoms with E-state index in [1.807, 2.05) is 12.1 Å². The van der Waals surface area contributed by atoms with Crippen LogP contribution in [0.25, 0.3) is 0 Å². The molecule has 5 nitrogen and oxygen atoms in total. The molecule has 0 aromatic heterocycles. The van der Waals surface area contributed by atoms with Gasteiger partial charge in [-0.05, 0) is 63.2 Å². The van der Waals surface area contributed by atoms with Crippen molar-refractivity contribution in [1.29, 1.82) is 0 Å². The summed E-state index contributed by atoms with van der Waals surface area (Å²) in [5.74, 6) is 1.79. The normalized spacial score (nSPS) is 10.4. The predicted molar refractivity (Wildman–Crippen MR) is 92.6 cm³/mol. The SMILES string of the molecule is CCN(Oc1ccc(Oc2cccc(Cl)c2)cc1)C(=O)OC(C)C. The Bertz CT molecular complexity index is 673. The van der Waals surface area contributed by atoms with E-state index < -0.39 is 6.09 Å². The highest BCUT2D eigenvalue weighted by Crippen LogP contribution is 2.26. The number of amides is 1. The molecular formula is C18H20ClNO4. The van der Waals surface area contributed by atoms with Crippen LogP contribution < -0.4 is 9.57 Å². The minimum Gasteiger partial charge on any atom is -0.457 e. The van der Waals surface area contributed by atoms with Crippen molar-refractivity contribution in [3.05, 3.63) is 53.6 Å². The van der Waals surface area contributed by atoms with Crippen molar-refractivity contribution in [3.63, 3.8) is 0 Å². The summed E-state index contributed by atoms with van der Waals surface area (Å²) in [5.41, 5.74) is 0. The van der Waals surface area contributed by atoms with Gasteiger partial charge in [-0.1, -0.05) is 17.7 Å². The molecule has 0 bridgehead atoms. The molecule has 0 aliphatic rings. The first-order valence-corrected chi connectivity index (χ1v) is 8.05. The Kier molecular flexibility index (Phi) is 6.32. The van der Waals surface area contributed by atoms with Crippen molar-refractivity contribution >= 4 is 17.7 Å². The van der Waals surface area contributed by atoms with E-state index in [4.69, 9.17) is 25.9 Å². The summed E-state index contributed by atoms with van der Waals surface area (Å²) in [6.07, 6.45) is -0.727. The van der Waals surface area contributed by atoms with E-state index in [1.54, 1.807) is 57.2 Å². The van der Waals surface area contributed by atoms with Gasteiger partial charge < -0.3 is 14.3 Å². The molecule has 128 valence electrons. The maximum Gasteiger partial charge on any atom is 0.443 e. The zero-order valence-corrected chi connectivity index (χ0v) is 14.6. The topological polar surface area (TPSA) is 48.0 Å². The largest absolute Gasteiger partial charge is 0.457 e. The van der Waals surface area contributed by atoms with Crippen LogP contribution in [0.4, 0.5) is 4.79 Å². The van der Waals surface area contributed by atoms with Crippen LogP contribution >= 0.6 is 11.6 Å². The number of carbonyl (C=O) groups is 1. The lowest BCUT2D eigenvalue weighted by atomic mass is 10.3. The molecule has 0 saturated heterocycles. The maximum absolute atomic E-state index is 11.9. The highest BCUT2D eigenvalue weighted by atomic mass is 35.5. The number of hydrogen-bond donors (Lipinski definition) is 0. The zero-order valence-electron chi connectivity index (χ0n) is 13.9. The maximum atomic E-state index is 11.9. The molecule has 6 heteroatoms. The highest BCUT2D eigenvalue weighted by molar-refractivity contribution is 6.30. The van der Waals surface area contributed by atoms with Crippen molar-refractivity contribution in [2.75, 3.05) is 6.54 Å². The fourth-order valence-corrected chi connectivity index (χ4v) is 2.03. The smallest absolute Gasteiger partial charge is 0.443 e. The summed E-state index contributed by atoms with van der Waals surface area (Å²) < 4.78 is 10.8. The minimum atomic E-state index is -0.522. The van der Waals surface area contributed by atoms with Crippen LogP contribution in [0.1, 0.15) is 20.8 Å². The molecule has 0 unspecified atom stereocenters. The second-order valence-corrected chi connectivity index (χ2v) is 5.69. The van der Waals surface area contributed by atoms with Gasteiger partial charge in [-0.3, -0.25) is 0 Å². The van der Waals surface area contributed by atoms with Crippen LogP contribution in [0.3, 0.4) is 0 Å². The summed E-state index contributed by atoms with van der Waals surface area (Å²) in [6.45, 7) is 5.74. The number of nitrogens with zero attached hydrogens (tertiary/aromatic N) is 1. The standard InChI is InChI=1S/C18H20ClNO4/c1-4-20(18(21)22-13(2)3)24-16-10-8-15(9-11-16)23-17-7-5-6-14(19)12-17/h5-13H,4H2,1-3H3. The van der Waals surface area contributed by atoms with E-state index >= 15 is 0 Å². The molecule has 0 spiro atoms. The third kappa shape index (κ3) is 5.35. The quantitative estimate of drug-likeness (QED) is 0.664. The molecule has 0 aliphatic carbocycles. The van der Waals surface area contributed by atoms with Crippen molar-refractivity contribution in [1.82, 2.24) is 5.06 Å². The summed E-state index contributed by atoms with van der Waals surface area (Å²) in [7, 11) is 0. The van der Waals surface area contributed by atoms with Gasteiger partial charge in [0.25, 0.3) is 0 Å². The Labute approximate surface area is 146 Å². The Morgan fingerprint density at radius 2 is 1.75 bits per heavy atom. The first-order valence-electron chi connectivity index (χ1n) is 7.67. The number of carbonyl (C=O) groups excluding carboxylic acids is 1. The van der Waals surface area contributed by atoms with E-state index in [0.29, 0.717) is 28.8 Å². The number of benzene rings is 2. The molecule has 0 N–H and O–H groups in total. The zero-order chi connectivity index (χ0) is 17.5. The second kappa shape index (κ2) is 8.45. The molecule has 0 fully saturated rings. The number of hydroxylamine groups is 2. The average molecular weight is 350 g/mol. The molecule has 2 rings (SSSR count). The van der Waals surface area contributed by atoms with Crippen LogP contribution in [-0.2, 0) is 4.74 Å². The second-order valence-electron chi connectivity index (χ2n) is 5.25. The lowest BCUT2D eigenvalue weighted by Gasteiger charge is -2.21. The van der Waals surface area contributed by atoms with Crippen LogP contribution in [0.5, 0.6) is 17.2 Å². The van der Waals surface area contributed by atoms with Gasteiger partial charge in [0, 0.05) is 5.02 Å². The van der Waals surface area contributed by atoms with Gasteiger partial charge in [0.2, 0.25) is 0 Å². The molecule has 1 amide bonds. The van der Waals surface area contributed by atoms with Gasteiger partial charge in [0.15, 0.2) is 5.75 Å². The molecule has 0 radical (unpaired) electrons. The highest BCUT2D eigenvalue weighted by Gasteiger charge is 2.16. The van der Waals surface area contributed by atoms with Gasteiger partial charge in [-0.2, -0.15) is 0 Å². The summed E-state index contributed by atoms with van der Waals surface area (Å²) >= 11 is 5.93.